The number of methoxy groups -OCH3 is 1. The summed E-state index contributed by atoms with van der Waals surface area (Å²) in [5.74, 6) is -0.163. The number of carbonyl (C=O) groups is 2. The van der Waals surface area contributed by atoms with Crippen LogP contribution in [0.4, 0.5) is 5.69 Å². The quantitative estimate of drug-likeness (QED) is 0.343. The molecule has 154 valence electrons. The molecule has 3 aromatic carbocycles. The number of carbonyl (C=O) groups excluding carboxylic acids is 2. The average Bonchev–Trinajstić information content (AvgIpc) is 2.81. The van der Waals surface area contributed by atoms with Crippen LogP contribution in [0.2, 0.25) is 0 Å². The maximum Gasteiger partial charge on any atom is 0.270 e. The molecule has 6 heteroatoms. The van der Waals surface area contributed by atoms with Gasteiger partial charge >= 0.3 is 0 Å². The molecule has 0 unspecified atom stereocenters. The highest BCUT2D eigenvalue weighted by Crippen LogP contribution is 2.27. The van der Waals surface area contributed by atoms with Crippen LogP contribution < -0.4 is 9.64 Å². The number of hydrogen-bond donors (Lipinski definition) is 0. The van der Waals surface area contributed by atoms with E-state index in [0.29, 0.717) is 11.4 Å². The lowest BCUT2D eigenvalue weighted by Gasteiger charge is -2.36. The van der Waals surface area contributed by atoms with E-state index in [2.05, 4.69) is 0 Å². The van der Waals surface area contributed by atoms with Gasteiger partial charge in [0.2, 0.25) is 0 Å². The van der Waals surface area contributed by atoms with Crippen molar-refractivity contribution in [3.05, 3.63) is 102 Å². The molecule has 0 aromatic heterocycles. The number of benzene rings is 3. The molecule has 1 saturated heterocycles. The van der Waals surface area contributed by atoms with Crippen LogP contribution in [0.25, 0.3) is 6.08 Å². The molecule has 1 aliphatic heterocycles. The maximum atomic E-state index is 13.4. The maximum absolute atomic E-state index is 13.4. The summed E-state index contributed by atoms with van der Waals surface area (Å²) in [5.41, 5.74) is 2.31. The van der Waals surface area contributed by atoms with Crippen molar-refractivity contribution in [1.82, 2.24) is 4.90 Å². The Balaban J connectivity index is 1.77. The summed E-state index contributed by atoms with van der Waals surface area (Å²) >= 11 is 5.60. The second-order valence-electron chi connectivity index (χ2n) is 6.97. The number of anilines is 1. The standard InChI is InChI=1S/C25H20N2O3S/c1-30-21-14-12-18(13-15-21)16-22-23(28)26(17-19-8-4-2-5-9-19)25(31)27(24(22)29)20-10-6-3-7-11-20/h2-16H,17H2,1H3/b22-16-. The molecular formula is C25H20N2O3S. The summed E-state index contributed by atoms with van der Waals surface area (Å²) in [7, 11) is 1.59. The number of para-hydroxylation sites is 1. The highest BCUT2D eigenvalue weighted by atomic mass is 32.1. The first-order valence-corrected chi connectivity index (χ1v) is 10.1. The van der Waals surface area contributed by atoms with Gasteiger partial charge in [-0.15, -0.1) is 0 Å². The van der Waals surface area contributed by atoms with E-state index in [9.17, 15) is 9.59 Å². The van der Waals surface area contributed by atoms with Crippen molar-refractivity contribution >= 4 is 40.9 Å². The molecule has 0 saturated carbocycles. The van der Waals surface area contributed by atoms with Gasteiger partial charge in [-0.2, -0.15) is 0 Å². The Morgan fingerprint density at radius 3 is 2.06 bits per heavy atom. The fourth-order valence-corrected chi connectivity index (χ4v) is 3.69. The smallest absolute Gasteiger partial charge is 0.270 e. The first-order valence-electron chi connectivity index (χ1n) is 9.73. The van der Waals surface area contributed by atoms with E-state index in [1.807, 2.05) is 48.5 Å². The van der Waals surface area contributed by atoms with Gasteiger partial charge in [-0.05, 0) is 53.7 Å². The van der Waals surface area contributed by atoms with Crippen LogP contribution in [0.1, 0.15) is 11.1 Å². The second kappa shape index (κ2) is 8.93. The molecule has 1 fully saturated rings. The number of ether oxygens (including phenoxy) is 1. The minimum absolute atomic E-state index is 0.0542. The molecule has 1 aliphatic rings. The molecular weight excluding hydrogens is 408 g/mol. The highest BCUT2D eigenvalue weighted by Gasteiger charge is 2.40. The third kappa shape index (κ3) is 4.25. The summed E-state index contributed by atoms with van der Waals surface area (Å²) in [5, 5.41) is 0.164. The van der Waals surface area contributed by atoms with Gasteiger partial charge in [-0.1, -0.05) is 60.7 Å². The molecule has 4 rings (SSSR count). The number of amides is 2. The van der Waals surface area contributed by atoms with E-state index in [1.165, 1.54) is 9.80 Å². The van der Waals surface area contributed by atoms with Crippen molar-refractivity contribution in [3.8, 4) is 5.75 Å². The zero-order valence-electron chi connectivity index (χ0n) is 16.9. The summed E-state index contributed by atoms with van der Waals surface area (Å²) in [6.45, 7) is 0.273. The Hall–Kier alpha value is -3.77. The zero-order valence-corrected chi connectivity index (χ0v) is 17.7. The van der Waals surface area contributed by atoms with Crippen LogP contribution in [0.15, 0.2) is 90.5 Å². The molecule has 0 bridgehead atoms. The van der Waals surface area contributed by atoms with Crippen molar-refractivity contribution < 1.29 is 14.3 Å². The van der Waals surface area contributed by atoms with Crippen LogP contribution in [0.5, 0.6) is 5.75 Å². The Labute approximate surface area is 186 Å². The van der Waals surface area contributed by atoms with Gasteiger partial charge < -0.3 is 4.74 Å². The van der Waals surface area contributed by atoms with Gasteiger partial charge in [0.25, 0.3) is 11.8 Å². The predicted octanol–water partition coefficient (Wildman–Crippen LogP) is 4.44. The number of nitrogens with zero attached hydrogens (tertiary/aromatic N) is 2. The van der Waals surface area contributed by atoms with Gasteiger partial charge in [0.05, 0.1) is 19.3 Å². The molecule has 0 spiro atoms. The molecule has 5 nitrogen and oxygen atoms in total. The SMILES string of the molecule is COc1ccc(/C=C2/C(=O)N(Cc3ccccc3)C(=S)N(c3ccccc3)C2=O)cc1. The van der Waals surface area contributed by atoms with E-state index in [0.717, 1.165) is 11.1 Å². The van der Waals surface area contributed by atoms with Gasteiger partial charge in [0.1, 0.15) is 11.3 Å². The first kappa shape index (κ1) is 20.5. The molecule has 0 N–H and O–H groups in total. The molecule has 0 radical (unpaired) electrons. The second-order valence-corrected chi connectivity index (χ2v) is 7.33. The molecule has 0 aliphatic carbocycles. The molecule has 1 heterocycles. The van der Waals surface area contributed by atoms with Crippen molar-refractivity contribution in [3.63, 3.8) is 0 Å². The number of hydrogen-bond acceptors (Lipinski definition) is 4. The van der Waals surface area contributed by atoms with Crippen LogP contribution >= 0.6 is 12.2 Å². The molecule has 3 aromatic rings. The largest absolute Gasteiger partial charge is 0.497 e. The van der Waals surface area contributed by atoms with Crippen molar-refractivity contribution in [2.75, 3.05) is 12.0 Å². The lowest BCUT2D eigenvalue weighted by atomic mass is 10.0. The van der Waals surface area contributed by atoms with E-state index in [1.54, 1.807) is 49.6 Å². The zero-order chi connectivity index (χ0) is 21.8. The third-order valence-electron chi connectivity index (χ3n) is 4.96. The Bertz CT molecular complexity index is 1140. The average molecular weight is 429 g/mol. The van der Waals surface area contributed by atoms with Crippen LogP contribution in [-0.2, 0) is 16.1 Å². The lowest BCUT2D eigenvalue weighted by Crippen LogP contribution is -2.56. The van der Waals surface area contributed by atoms with Crippen molar-refractivity contribution in [2.45, 2.75) is 6.54 Å². The minimum Gasteiger partial charge on any atom is -0.497 e. The molecule has 31 heavy (non-hydrogen) atoms. The fourth-order valence-electron chi connectivity index (χ4n) is 3.35. The first-order chi connectivity index (χ1) is 15.1. The number of thiocarbonyl (C=S) groups is 1. The molecule has 0 atom stereocenters. The summed E-state index contributed by atoms with van der Waals surface area (Å²) in [6.07, 6.45) is 1.60. The summed E-state index contributed by atoms with van der Waals surface area (Å²) < 4.78 is 5.19. The normalized spacial score (nSPS) is 15.5. The topological polar surface area (TPSA) is 49.9 Å². The minimum atomic E-state index is -0.443. The highest BCUT2D eigenvalue weighted by molar-refractivity contribution is 7.80. The number of rotatable bonds is 5. The van der Waals surface area contributed by atoms with Crippen LogP contribution in [0.3, 0.4) is 0 Å². The lowest BCUT2D eigenvalue weighted by molar-refractivity contribution is -0.128. The Morgan fingerprint density at radius 1 is 0.839 bits per heavy atom. The Morgan fingerprint density at radius 2 is 1.45 bits per heavy atom. The van der Waals surface area contributed by atoms with Gasteiger partial charge in [-0.25, -0.2) is 0 Å². The summed E-state index contributed by atoms with van der Waals surface area (Å²) in [6, 6.07) is 25.8. The van der Waals surface area contributed by atoms with Crippen molar-refractivity contribution in [1.29, 1.82) is 0 Å². The van der Waals surface area contributed by atoms with Crippen LogP contribution in [-0.4, -0.2) is 28.9 Å². The van der Waals surface area contributed by atoms with E-state index < -0.39 is 11.8 Å². The summed E-state index contributed by atoms with van der Waals surface area (Å²) in [4.78, 5) is 29.6. The Kier molecular flexibility index (Phi) is 5.91. The van der Waals surface area contributed by atoms with E-state index >= 15 is 0 Å². The van der Waals surface area contributed by atoms with Gasteiger partial charge in [-0.3, -0.25) is 19.4 Å². The third-order valence-corrected chi connectivity index (χ3v) is 5.36. The van der Waals surface area contributed by atoms with Gasteiger partial charge in [0, 0.05) is 0 Å². The molecule has 2 amide bonds. The van der Waals surface area contributed by atoms with Gasteiger partial charge in [0.15, 0.2) is 5.11 Å². The monoisotopic (exact) mass is 428 g/mol. The van der Waals surface area contributed by atoms with Crippen LogP contribution in [0, 0.1) is 0 Å². The predicted molar refractivity (Wildman–Crippen MR) is 124 cm³/mol. The van der Waals surface area contributed by atoms with Crippen molar-refractivity contribution in [2.24, 2.45) is 0 Å². The van der Waals surface area contributed by atoms with E-state index in [-0.39, 0.29) is 17.2 Å². The van der Waals surface area contributed by atoms with E-state index in [4.69, 9.17) is 17.0 Å². The fraction of sp³-hybridized carbons (Fsp3) is 0.0800.